The maximum absolute atomic E-state index is 11.6. The third kappa shape index (κ3) is 2.78. The number of pyridine rings is 1. The van der Waals surface area contributed by atoms with E-state index in [0.717, 1.165) is 13.1 Å². The smallest absolute Gasteiger partial charge is 0.252 e. The Morgan fingerprint density at radius 1 is 1.63 bits per heavy atom. The van der Waals surface area contributed by atoms with Crippen LogP contribution in [0.15, 0.2) is 12.3 Å². The first kappa shape index (κ1) is 13.6. The molecule has 2 heterocycles. The highest BCUT2D eigenvalue weighted by molar-refractivity contribution is 5.94. The fourth-order valence-corrected chi connectivity index (χ4v) is 2.09. The summed E-state index contributed by atoms with van der Waals surface area (Å²) in [5.41, 5.74) is 6.27. The average molecular weight is 264 g/mol. The van der Waals surface area contributed by atoms with Crippen LogP contribution < -0.4 is 21.1 Å². The number of nitrogens with one attached hydrogen (secondary N) is 2. The first-order valence-corrected chi connectivity index (χ1v) is 6.29. The van der Waals surface area contributed by atoms with Crippen molar-refractivity contribution in [2.24, 2.45) is 5.41 Å². The summed E-state index contributed by atoms with van der Waals surface area (Å²) in [5, 5.41) is 5.84. The van der Waals surface area contributed by atoms with E-state index >= 15 is 0 Å². The molecule has 0 saturated carbocycles. The number of carbonyl (C=O) groups excluding carboxylic acids is 1. The first-order valence-electron chi connectivity index (χ1n) is 6.29. The van der Waals surface area contributed by atoms with Gasteiger partial charge in [-0.2, -0.15) is 0 Å². The minimum absolute atomic E-state index is 0.0107. The molecule has 4 N–H and O–H groups in total. The predicted octanol–water partition coefficient (Wildman–Crippen LogP) is 0.400. The topological polar surface area (TPSA) is 89.3 Å². The molecule has 0 radical (unpaired) electrons. The second-order valence-corrected chi connectivity index (χ2v) is 5.41. The van der Waals surface area contributed by atoms with E-state index in [9.17, 15) is 4.79 Å². The summed E-state index contributed by atoms with van der Waals surface area (Å²) in [6, 6.07) is 1.63. The number of nitrogens with two attached hydrogens (primary N) is 1. The molecule has 1 aliphatic heterocycles. The molecule has 0 aliphatic carbocycles. The molecular weight excluding hydrogens is 244 g/mol. The van der Waals surface area contributed by atoms with Gasteiger partial charge in [0, 0.05) is 31.7 Å². The summed E-state index contributed by atoms with van der Waals surface area (Å²) in [6.07, 6.45) is 1.45. The Labute approximate surface area is 112 Å². The highest BCUT2D eigenvalue weighted by Gasteiger charge is 2.36. The Balaban J connectivity index is 2.22. The van der Waals surface area contributed by atoms with E-state index in [1.165, 1.54) is 6.20 Å². The molecule has 104 valence electrons. The van der Waals surface area contributed by atoms with Gasteiger partial charge in [0.1, 0.15) is 6.10 Å². The molecule has 2 rings (SSSR count). The lowest BCUT2D eigenvalue weighted by Crippen LogP contribution is -2.33. The molecule has 6 heteroatoms. The molecule has 1 aromatic rings. The number of hydrogen-bond donors (Lipinski definition) is 3. The Bertz CT molecular complexity index is 488. The van der Waals surface area contributed by atoms with E-state index in [4.69, 9.17) is 10.5 Å². The number of rotatable bonds is 3. The summed E-state index contributed by atoms with van der Waals surface area (Å²) < 4.78 is 5.93. The van der Waals surface area contributed by atoms with Crippen molar-refractivity contribution in [1.82, 2.24) is 15.6 Å². The lowest BCUT2D eigenvalue weighted by atomic mass is 9.90. The second kappa shape index (κ2) is 5.05. The Morgan fingerprint density at radius 2 is 2.37 bits per heavy atom. The Kier molecular flexibility index (Phi) is 3.61. The van der Waals surface area contributed by atoms with Gasteiger partial charge < -0.3 is 21.1 Å². The molecule has 0 aromatic carbocycles. The third-order valence-corrected chi connectivity index (χ3v) is 3.42. The SMILES string of the molecule is CNC(=O)c1cnc(N)c(O[C@H]2CNCC2(C)C)c1. The number of aromatic nitrogens is 1. The van der Waals surface area contributed by atoms with Gasteiger partial charge in [0.15, 0.2) is 11.6 Å². The normalized spacial score (nSPS) is 21.1. The number of nitrogens with zero attached hydrogens (tertiary/aromatic N) is 1. The number of nitrogen functional groups attached to an aromatic ring is 1. The third-order valence-electron chi connectivity index (χ3n) is 3.42. The van der Waals surface area contributed by atoms with Crippen LogP contribution >= 0.6 is 0 Å². The standard InChI is InChI=1S/C13H20N4O2/c1-13(2)7-16-6-10(13)19-9-4-8(12(18)15-3)5-17-11(9)14/h4-5,10,16H,6-7H2,1-3H3,(H2,14,17)(H,15,18)/t10-/m0/s1. The van der Waals surface area contributed by atoms with Crippen molar-refractivity contribution in [2.75, 3.05) is 25.9 Å². The van der Waals surface area contributed by atoms with E-state index in [-0.39, 0.29) is 17.4 Å². The fraction of sp³-hybridized carbons (Fsp3) is 0.538. The van der Waals surface area contributed by atoms with Crippen LogP contribution in [0.2, 0.25) is 0 Å². The molecule has 1 fully saturated rings. The van der Waals surface area contributed by atoms with Crippen LogP contribution in [0.5, 0.6) is 5.75 Å². The lowest BCUT2D eigenvalue weighted by molar-refractivity contribution is 0.0960. The van der Waals surface area contributed by atoms with Gasteiger partial charge in [-0.15, -0.1) is 0 Å². The van der Waals surface area contributed by atoms with E-state index in [2.05, 4.69) is 29.5 Å². The fourth-order valence-electron chi connectivity index (χ4n) is 2.09. The van der Waals surface area contributed by atoms with Crippen LogP contribution in [-0.4, -0.2) is 37.1 Å². The monoisotopic (exact) mass is 264 g/mol. The van der Waals surface area contributed by atoms with E-state index in [1.54, 1.807) is 13.1 Å². The largest absolute Gasteiger partial charge is 0.485 e. The van der Waals surface area contributed by atoms with Gasteiger partial charge in [-0.05, 0) is 6.07 Å². The van der Waals surface area contributed by atoms with Gasteiger partial charge in [-0.25, -0.2) is 4.98 Å². The summed E-state index contributed by atoms with van der Waals surface area (Å²) in [7, 11) is 1.57. The van der Waals surface area contributed by atoms with Crippen molar-refractivity contribution in [2.45, 2.75) is 20.0 Å². The van der Waals surface area contributed by atoms with E-state index in [1.807, 2.05) is 0 Å². The van der Waals surface area contributed by atoms with Gasteiger partial charge in [0.2, 0.25) is 0 Å². The van der Waals surface area contributed by atoms with Gasteiger partial charge >= 0.3 is 0 Å². The Morgan fingerprint density at radius 3 is 2.95 bits per heavy atom. The maximum atomic E-state index is 11.6. The number of carbonyl (C=O) groups is 1. The predicted molar refractivity (Wildman–Crippen MR) is 73.1 cm³/mol. The van der Waals surface area contributed by atoms with E-state index < -0.39 is 0 Å². The molecule has 19 heavy (non-hydrogen) atoms. The number of anilines is 1. The van der Waals surface area contributed by atoms with Crippen LogP contribution in [0.25, 0.3) is 0 Å². The number of hydrogen-bond acceptors (Lipinski definition) is 5. The van der Waals surface area contributed by atoms with Crippen molar-refractivity contribution in [3.8, 4) is 5.75 Å². The van der Waals surface area contributed by atoms with Gasteiger partial charge in [0.05, 0.1) is 5.56 Å². The van der Waals surface area contributed by atoms with Crippen molar-refractivity contribution >= 4 is 11.7 Å². The van der Waals surface area contributed by atoms with Crippen molar-refractivity contribution < 1.29 is 9.53 Å². The molecule has 1 atom stereocenters. The van der Waals surface area contributed by atoms with Gasteiger partial charge in [0.25, 0.3) is 5.91 Å². The van der Waals surface area contributed by atoms with Crippen LogP contribution in [0.1, 0.15) is 24.2 Å². The lowest BCUT2D eigenvalue weighted by Gasteiger charge is -2.26. The molecule has 1 saturated heterocycles. The summed E-state index contributed by atoms with van der Waals surface area (Å²) in [4.78, 5) is 15.6. The molecule has 0 unspecified atom stereocenters. The van der Waals surface area contributed by atoms with Crippen LogP contribution in [-0.2, 0) is 0 Å². The second-order valence-electron chi connectivity index (χ2n) is 5.41. The van der Waals surface area contributed by atoms with E-state index in [0.29, 0.717) is 17.1 Å². The average Bonchev–Trinajstić information content (AvgIpc) is 2.70. The molecule has 1 aromatic heterocycles. The zero-order chi connectivity index (χ0) is 14.0. The maximum Gasteiger partial charge on any atom is 0.252 e. The minimum atomic E-state index is -0.207. The molecule has 1 amide bonds. The number of ether oxygens (including phenoxy) is 1. The summed E-state index contributed by atoms with van der Waals surface area (Å²) in [5.74, 6) is 0.555. The zero-order valence-corrected chi connectivity index (χ0v) is 11.5. The highest BCUT2D eigenvalue weighted by Crippen LogP contribution is 2.30. The van der Waals surface area contributed by atoms with Gasteiger partial charge in [-0.1, -0.05) is 13.8 Å². The number of amides is 1. The molecule has 0 bridgehead atoms. The first-order chi connectivity index (χ1) is 8.94. The summed E-state index contributed by atoms with van der Waals surface area (Å²) >= 11 is 0. The molecule has 1 aliphatic rings. The van der Waals surface area contributed by atoms with Crippen LogP contribution in [0.3, 0.4) is 0 Å². The van der Waals surface area contributed by atoms with Crippen LogP contribution in [0.4, 0.5) is 5.82 Å². The van der Waals surface area contributed by atoms with Crippen molar-refractivity contribution in [3.63, 3.8) is 0 Å². The Hall–Kier alpha value is -1.82. The zero-order valence-electron chi connectivity index (χ0n) is 11.5. The van der Waals surface area contributed by atoms with Crippen molar-refractivity contribution in [1.29, 1.82) is 0 Å². The van der Waals surface area contributed by atoms with Gasteiger partial charge in [-0.3, -0.25) is 4.79 Å². The molecule has 0 spiro atoms. The van der Waals surface area contributed by atoms with Crippen LogP contribution in [0, 0.1) is 5.41 Å². The summed E-state index contributed by atoms with van der Waals surface area (Å²) in [6.45, 7) is 5.91. The molecule has 6 nitrogen and oxygen atoms in total. The minimum Gasteiger partial charge on any atom is -0.485 e. The van der Waals surface area contributed by atoms with Crippen molar-refractivity contribution in [3.05, 3.63) is 17.8 Å². The quantitative estimate of drug-likeness (QED) is 0.735. The molecular formula is C13H20N4O2. The highest BCUT2D eigenvalue weighted by atomic mass is 16.5.